The highest BCUT2D eigenvalue weighted by Gasteiger charge is 2.21. The average molecular weight is 402 g/mol. The van der Waals surface area contributed by atoms with Crippen molar-refractivity contribution in [3.05, 3.63) is 51.4 Å². The number of aromatic nitrogens is 2. The summed E-state index contributed by atoms with van der Waals surface area (Å²) >= 11 is 5.71. The molecule has 0 atom stereocenters. The van der Waals surface area contributed by atoms with Crippen LogP contribution >= 0.6 is 11.6 Å². The Labute approximate surface area is 154 Å². The van der Waals surface area contributed by atoms with Crippen LogP contribution in [0.5, 0.6) is 0 Å². The third-order valence-corrected chi connectivity index (χ3v) is 5.01. The largest absolute Gasteiger partial charge is 0.383 e. The fourth-order valence-corrected chi connectivity index (χ4v) is 3.20. The van der Waals surface area contributed by atoms with Crippen molar-refractivity contribution in [2.45, 2.75) is 11.4 Å². The number of ether oxygens (including phenoxy) is 1. The maximum Gasteiger partial charge on any atom is 0.348 e. The van der Waals surface area contributed by atoms with E-state index in [-0.39, 0.29) is 35.6 Å². The summed E-state index contributed by atoms with van der Waals surface area (Å²) in [6.45, 7) is 0.618. The number of methoxy groups -OCH3 is 1. The summed E-state index contributed by atoms with van der Waals surface area (Å²) in [5, 5.41) is 13.6. The highest BCUT2D eigenvalue weighted by atomic mass is 35.5. The molecule has 26 heavy (non-hydrogen) atoms. The van der Waals surface area contributed by atoms with Gasteiger partial charge in [0.2, 0.25) is 21.0 Å². The Kier molecular flexibility index (Phi) is 6.80. The molecule has 1 heterocycles. The van der Waals surface area contributed by atoms with Crippen molar-refractivity contribution < 1.29 is 18.1 Å². The van der Waals surface area contributed by atoms with E-state index in [1.807, 2.05) is 0 Å². The third-order valence-electron chi connectivity index (χ3n) is 3.25. The second-order valence-electron chi connectivity index (χ2n) is 5.01. The number of anilines is 1. The van der Waals surface area contributed by atoms with Gasteiger partial charge in [-0.3, -0.25) is 10.1 Å². The molecule has 1 aromatic carbocycles. The molecular formula is C14H16ClN5O5S. The second kappa shape index (κ2) is 8.85. The first kappa shape index (κ1) is 20.0. The van der Waals surface area contributed by atoms with E-state index < -0.39 is 20.6 Å². The van der Waals surface area contributed by atoms with Crippen LogP contribution < -0.4 is 10.0 Å². The van der Waals surface area contributed by atoms with Gasteiger partial charge >= 0.3 is 5.69 Å². The second-order valence-corrected chi connectivity index (χ2v) is 7.13. The molecule has 0 aliphatic rings. The van der Waals surface area contributed by atoms with E-state index in [1.54, 1.807) is 12.1 Å². The molecule has 2 aromatic rings. The first-order valence-electron chi connectivity index (χ1n) is 7.31. The van der Waals surface area contributed by atoms with Gasteiger partial charge in [0.1, 0.15) is 6.33 Å². The molecule has 0 aliphatic carbocycles. The van der Waals surface area contributed by atoms with E-state index in [4.69, 9.17) is 16.3 Å². The zero-order chi connectivity index (χ0) is 19.2. The van der Waals surface area contributed by atoms with Crippen molar-refractivity contribution in [3.63, 3.8) is 0 Å². The van der Waals surface area contributed by atoms with Gasteiger partial charge in [0.15, 0.2) is 0 Å². The first-order chi connectivity index (χ1) is 12.3. The summed E-state index contributed by atoms with van der Waals surface area (Å²) in [6, 6.07) is 6.06. The van der Waals surface area contributed by atoms with Gasteiger partial charge < -0.3 is 10.1 Å². The van der Waals surface area contributed by atoms with Crippen LogP contribution in [0.25, 0.3) is 0 Å². The van der Waals surface area contributed by atoms with Crippen LogP contribution in [-0.4, -0.2) is 43.6 Å². The zero-order valence-corrected chi connectivity index (χ0v) is 15.2. The molecule has 140 valence electrons. The standard InChI is InChI=1S/C14H16ClN5O5S/c1-25-7-6-19-26(23,24)11-4-2-10(3-5-11)8-16-14-12(20(21)22)13(15)17-9-18-14/h2-5,9,19H,6-8H2,1H3,(H,16,17,18). The summed E-state index contributed by atoms with van der Waals surface area (Å²) in [5.74, 6) is -0.0204. The molecule has 0 saturated carbocycles. The minimum Gasteiger partial charge on any atom is -0.383 e. The number of nitro groups is 1. The molecule has 10 nitrogen and oxygen atoms in total. The van der Waals surface area contributed by atoms with Gasteiger partial charge in [-0.1, -0.05) is 23.7 Å². The number of nitrogens with zero attached hydrogens (tertiary/aromatic N) is 3. The van der Waals surface area contributed by atoms with E-state index in [1.165, 1.54) is 19.2 Å². The van der Waals surface area contributed by atoms with Crippen LogP contribution in [-0.2, 0) is 21.3 Å². The molecule has 0 unspecified atom stereocenters. The van der Waals surface area contributed by atoms with Crippen LogP contribution in [0.2, 0.25) is 5.15 Å². The Bertz CT molecular complexity index is 876. The molecule has 12 heteroatoms. The number of sulfonamides is 1. The highest BCUT2D eigenvalue weighted by Crippen LogP contribution is 2.28. The molecule has 0 amide bonds. The van der Waals surface area contributed by atoms with Gasteiger partial charge in [-0.15, -0.1) is 0 Å². The molecule has 2 N–H and O–H groups in total. The fraction of sp³-hybridized carbons (Fsp3) is 0.286. The Morgan fingerprint density at radius 1 is 1.27 bits per heavy atom. The van der Waals surface area contributed by atoms with Crippen LogP contribution in [0.4, 0.5) is 11.5 Å². The Morgan fingerprint density at radius 3 is 2.58 bits per heavy atom. The maximum absolute atomic E-state index is 12.1. The summed E-state index contributed by atoms with van der Waals surface area (Å²) < 4.78 is 31.3. The van der Waals surface area contributed by atoms with Gasteiger partial charge in [0.05, 0.1) is 16.4 Å². The lowest BCUT2D eigenvalue weighted by Crippen LogP contribution is -2.27. The van der Waals surface area contributed by atoms with Crippen molar-refractivity contribution in [2.75, 3.05) is 25.6 Å². The van der Waals surface area contributed by atoms with Crippen molar-refractivity contribution >= 4 is 33.1 Å². The van der Waals surface area contributed by atoms with E-state index in [0.29, 0.717) is 5.56 Å². The van der Waals surface area contributed by atoms with Crippen molar-refractivity contribution in [2.24, 2.45) is 0 Å². The van der Waals surface area contributed by atoms with E-state index in [0.717, 1.165) is 6.33 Å². The number of rotatable bonds is 9. The fourth-order valence-electron chi connectivity index (χ4n) is 1.98. The minimum atomic E-state index is -3.62. The summed E-state index contributed by atoms with van der Waals surface area (Å²) in [5.41, 5.74) is 0.278. The molecule has 0 radical (unpaired) electrons. The van der Waals surface area contributed by atoms with E-state index >= 15 is 0 Å². The average Bonchev–Trinajstić information content (AvgIpc) is 2.60. The monoisotopic (exact) mass is 401 g/mol. The van der Waals surface area contributed by atoms with Crippen molar-refractivity contribution in [3.8, 4) is 0 Å². The van der Waals surface area contributed by atoms with Gasteiger partial charge in [0, 0.05) is 20.2 Å². The SMILES string of the molecule is COCCNS(=O)(=O)c1ccc(CNc2ncnc(Cl)c2[N+](=O)[O-])cc1. The number of hydrogen-bond donors (Lipinski definition) is 2. The summed E-state index contributed by atoms with van der Waals surface area (Å²) in [6.07, 6.45) is 1.11. The summed E-state index contributed by atoms with van der Waals surface area (Å²) in [7, 11) is -2.14. The van der Waals surface area contributed by atoms with Gasteiger partial charge in [-0.25, -0.2) is 23.1 Å². The van der Waals surface area contributed by atoms with Gasteiger partial charge in [-0.2, -0.15) is 0 Å². The van der Waals surface area contributed by atoms with E-state index in [9.17, 15) is 18.5 Å². The topological polar surface area (TPSA) is 136 Å². The lowest BCUT2D eigenvalue weighted by atomic mass is 10.2. The smallest absolute Gasteiger partial charge is 0.348 e. The Balaban J connectivity index is 2.07. The minimum absolute atomic E-state index is 0.0204. The molecular weight excluding hydrogens is 386 g/mol. The van der Waals surface area contributed by atoms with Gasteiger partial charge in [-0.05, 0) is 17.7 Å². The molecule has 0 fully saturated rings. The number of benzene rings is 1. The predicted octanol–water partition coefficient (Wildman–Crippen LogP) is 1.57. The number of hydrogen-bond acceptors (Lipinski definition) is 8. The van der Waals surface area contributed by atoms with Crippen LogP contribution in [0, 0.1) is 10.1 Å². The molecule has 0 bridgehead atoms. The van der Waals surface area contributed by atoms with Crippen molar-refractivity contribution in [1.29, 1.82) is 0 Å². The molecule has 0 saturated heterocycles. The van der Waals surface area contributed by atoms with E-state index in [2.05, 4.69) is 20.0 Å². The van der Waals surface area contributed by atoms with Crippen LogP contribution in [0.3, 0.4) is 0 Å². The van der Waals surface area contributed by atoms with Crippen molar-refractivity contribution in [1.82, 2.24) is 14.7 Å². The molecule has 0 aliphatic heterocycles. The predicted molar refractivity (Wildman–Crippen MR) is 94.5 cm³/mol. The lowest BCUT2D eigenvalue weighted by molar-refractivity contribution is -0.384. The molecule has 1 aromatic heterocycles. The Hall–Kier alpha value is -2.34. The van der Waals surface area contributed by atoms with Crippen LogP contribution in [0.15, 0.2) is 35.5 Å². The Morgan fingerprint density at radius 2 is 1.96 bits per heavy atom. The third kappa shape index (κ3) is 5.08. The highest BCUT2D eigenvalue weighted by molar-refractivity contribution is 7.89. The van der Waals surface area contributed by atoms with Gasteiger partial charge in [0.25, 0.3) is 0 Å². The normalized spacial score (nSPS) is 11.3. The number of halogens is 1. The maximum atomic E-state index is 12.1. The zero-order valence-electron chi connectivity index (χ0n) is 13.7. The first-order valence-corrected chi connectivity index (χ1v) is 9.17. The quantitative estimate of drug-likeness (QED) is 0.279. The molecule has 2 rings (SSSR count). The summed E-state index contributed by atoms with van der Waals surface area (Å²) in [4.78, 5) is 17.8. The number of nitrogens with one attached hydrogen (secondary N) is 2. The molecule has 0 spiro atoms. The lowest BCUT2D eigenvalue weighted by Gasteiger charge is -2.09. The van der Waals surface area contributed by atoms with Crippen LogP contribution in [0.1, 0.15) is 5.56 Å².